The average molecular weight is 282 g/mol. The van der Waals surface area contributed by atoms with Crippen molar-refractivity contribution in [2.24, 2.45) is 0 Å². The highest BCUT2D eigenvalue weighted by atomic mass is 35.5. The van der Waals surface area contributed by atoms with Crippen LogP contribution in [0.15, 0.2) is 17.3 Å². The van der Waals surface area contributed by atoms with Gasteiger partial charge in [0.25, 0.3) is 0 Å². The predicted octanol–water partition coefficient (Wildman–Crippen LogP) is 1.75. The minimum Gasteiger partial charge on any atom is -0.505 e. The van der Waals surface area contributed by atoms with Crippen molar-refractivity contribution >= 4 is 29.6 Å². The van der Waals surface area contributed by atoms with Gasteiger partial charge in [-0.25, -0.2) is 10.2 Å². The summed E-state index contributed by atoms with van der Waals surface area (Å²) < 4.78 is 8.90. The Bertz CT molecular complexity index is 390. The number of aromatic hydroxyl groups is 1. The number of esters is 1. The molecule has 0 amide bonds. The molecule has 0 atom stereocenters. The number of halogens is 1. The third kappa shape index (κ3) is 4.75. The van der Waals surface area contributed by atoms with Gasteiger partial charge in [0.1, 0.15) is 0 Å². The fourth-order valence-electron chi connectivity index (χ4n) is 0.849. The molecule has 0 aliphatic rings. The molecule has 1 heterocycles. The molecule has 1 aromatic rings. The number of hydrogen-bond acceptors (Lipinski definition) is 8. The number of nitrogens with zero attached hydrogens (tertiary/aromatic N) is 1. The average Bonchev–Trinajstić information content (AvgIpc) is 2.28. The highest BCUT2D eigenvalue weighted by molar-refractivity contribution is 7.94. The van der Waals surface area contributed by atoms with E-state index in [9.17, 15) is 9.90 Å². The van der Waals surface area contributed by atoms with Crippen LogP contribution >= 0.6 is 23.6 Å². The minimum absolute atomic E-state index is 0.0381. The Morgan fingerprint density at radius 2 is 2.35 bits per heavy atom. The number of ether oxygens (including phenoxy) is 1. The Morgan fingerprint density at radius 3 is 2.94 bits per heavy atom. The second kappa shape index (κ2) is 7.30. The van der Waals surface area contributed by atoms with Crippen molar-refractivity contribution in [3.8, 4) is 11.5 Å². The number of aromatic nitrogens is 1. The molecule has 2 N–H and O–H groups in total. The Morgan fingerprint density at radius 1 is 1.59 bits per heavy atom. The SMILES string of the molecule is O=C(CCCl)Oc1cnc(SOOO)c(O)c1. The van der Waals surface area contributed by atoms with Gasteiger partial charge in [-0.2, -0.15) is 0 Å². The molecular weight excluding hydrogens is 274 g/mol. The molecule has 0 aliphatic carbocycles. The van der Waals surface area contributed by atoms with E-state index in [1.807, 2.05) is 0 Å². The lowest BCUT2D eigenvalue weighted by molar-refractivity contribution is -0.432. The molecule has 17 heavy (non-hydrogen) atoms. The highest BCUT2D eigenvalue weighted by Crippen LogP contribution is 2.29. The second-order valence-electron chi connectivity index (χ2n) is 2.63. The van der Waals surface area contributed by atoms with Gasteiger partial charge in [0.15, 0.2) is 16.5 Å². The lowest BCUT2D eigenvalue weighted by Gasteiger charge is -2.05. The third-order valence-corrected chi connectivity index (χ3v) is 2.27. The number of hydrogen-bond donors (Lipinski definition) is 2. The topological polar surface area (TPSA) is 98.1 Å². The Balaban J connectivity index is 2.64. The molecule has 7 nitrogen and oxygen atoms in total. The number of pyridine rings is 1. The van der Waals surface area contributed by atoms with E-state index in [2.05, 4.69) is 14.4 Å². The summed E-state index contributed by atoms with van der Waals surface area (Å²) in [5, 5.41) is 20.7. The van der Waals surface area contributed by atoms with Crippen molar-refractivity contribution in [1.29, 1.82) is 0 Å². The van der Waals surface area contributed by atoms with Crippen LogP contribution in [0.3, 0.4) is 0 Å². The first kappa shape index (κ1) is 14.0. The summed E-state index contributed by atoms with van der Waals surface area (Å²) in [5.41, 5.74) is 0. The summed E-state index contributed by atoms with van der Waals surface area (Å²) in [5.74, 6) is -0.597. The standard InChI is InChI=1S/C8H8ClNO6S/c9-2-1-7(12)14-5-3-6(11)8(10-4-5)17-16-15-13/h3-4,11,13H,1-2H2. The maximum absolute atomic E-state index is 11.1. The lowest BCUT2D eigenvalue weighted by atomic mass is 10.4. The van der Waals surface area contributed by atoms with Crippen LogP contribution in [-0.2, 0) is 14.2 Å². The quantitative estimate of drug-likeness (QED) is 0.267. The van der Waals surface area contributed by atoms with Crippen LogP contribution in [0.4, 0.5) is 0 Å². The van der Waals surface area contributed by atoms with Gasteiger partial charge >= 0.3 is 5.97 Å². The third-order valence-electron chi connectivity index (χ3n) is 1.48. The molecule has 1 aromatic heterocycles. The van der Waals surface area contributed by atoms with Gasteiger partial charge in [0.2, 0.25) is 0 Å². The molecule has 0 unspecified atom stereocenters. The van der Waals surface area contributed by atoms with Crippen molar-refractivity contribution < 1.29 is 29.3 Å². The first-order valence-corrected chi connectivity index (χ1v) is 5.55. The molecule has 0 spiro atoms. The van der Waals surface area contributed by atoms with Crippen LogP contribution < -0.4 is 4.74 Å². The molecule has 0 aliphatic heterocycles. The van der Waals surface area contributed by atoms with E-state index in [0.29, 0.717) is 12.0 Å². The molecule has 0 saturated carbocycles. The molecular formula is C8H8ClNO6S. The first-order chi connectivity index (χ1) is 8.17. The smallest absolute Gasteiger partial charge is 0.312 e. The zero-order chi connectivity index (χ0) is 12.7. The summed E-state index contributed by atoms with van der Waals surface area (Å²) in [6.07, 6.45) is 1.26. The lowest BCUT2D eigenvalue weighted by Crippen LogP contribution is -2.08. The Kier molecular flexibility index (Phi) is 6.01. The second-order valence-corrected chi connectivity index (χ2v) is 3.70. The van der Waals surface area contributed by atoms with Gasteiger partial charge < -0.3 is 9.84 Å². The van der Waals surface area contributed by atoms with Crippen molar-refractivity contribution in [3.05, 3.63) is 12.3 Å². The van der Waals surface area contributed by atoms with Crippen LogP contribution in [0, 0.1) is 0 Å². The number of carbonyl (C=O) groups is 1. The molecule has 94 valence electrons. The normalized spacial score (nSPS) is 10.2. The predicted molar refractivity (Wildman–Crippen MR) is 57.5 cm³/mol. The maximum Gasteiger partial charge on any atom is 0.312 e. The Labute approximate surface area is 105 Å². The molecule has 9 heteroatoms. The number of rotatable bonds is 6. The van der Waals surface area contributed by atoms with Gasteiger partial charge in [-0.15, -0.1) is 15.9 Å². The zero-order valence-electron chi connectivity index (χ0n) is 8.33. The summed E-state index contributed by atoms with van der Waals surface area (Å²) >= 11 is 5.84. The molecule has 1 rings (SSSR count). The van der Waals surface area contributed by atoms with Crippen LogP contribution in [-0.4, -0.2) is 27.2 Å². The van der Waals surface area contributed by atoms with Crippen LogP contribution in [0.25, 0.3) is 0 Å². The fourth-order valence-corrected chi connectivity index (χ4v) is 1.34. The molecule has 0 radical (unpaired) electrons. The molecule has 0 saturated heterocycles. The van der Waals surface area contributed by atoms with Gasteiger partial charge in [-0.1, -0.05) is 5.04 Å². The minimum atomic E-state index is -0.531. The summed E-state index contributed by atoms with van der Waals surface area (Å²) in [4.78, 5) is 14.8. The summed E-state index contributed by atoms with van der Waals surface area (Å²) in [6, 6.07) is 1.17. The van der Waals surface area contributed by atoms with E-state index >= 15 is 0 Å². The molecule has 0 bridgehead atoms. The number of alkyl halides is 1. The van der Waals surface area contributed by atoms with Crippen molar-refractivity contribution in [3.63, 3.8) is 0 Å². The molecule has 0 fully saturated rings. The summed E-state index contributed by atoms with van der Waals surface area (Å²) in [6.45, 7) is 0. The monoisotopic (exact) mass is 281 g/mol. The highest BCUT2D eigenvalue weighted by Gasteiger charge is 2.10. The van der Waals surface area contributed by atoms with E-state index < -0.39 is 5.97 Å². The van der Waals surface area contributed by atoms with Crippen molar-refractivity contribution in [2.45, 2.75) is 11.4 Å². The van der Waals surface area contributed by atoms with Crippen LogP contribution in [0.5, 0.6) is 11.5 Å². The van der Waals surface area contributed by atoms with E-state index in [1.54, 1.807) is 0 Å². The van der Waals surface area contributed by atoms with E-state index in [-0.39, 0.29) is 28.8 Å². The largest absolute Gasteiger partial charge is 0.505 e. The van der Waals surface area contributed by atoms with Crippen LogP contribution in [0.1, 0.15) is 6.42 Å². The fraction of sp³-hybridized carbons (Fsp3) is 0.250. The van der Waals surface area contributed by atoms with Gasteiger partial charge in [-0.05, 0) is 0 Å². The van der Waals surface area contributed by atoms with E-state index in [4.69, 9.17) is 21.6 Å². The van der Waals surface area contributed by atoms with Crippen molar-refractivity contribution in [1.82, 2.24) is 4.98 Å². The number of carbonyl (C=O) groups excluding carboxylic acids is 1. The molecule has 0 aromatic carbocycles. The zero-order valence-corrected chi connectivity index (χ0v) is 9.90. The maximum atomic E-state index is 11.1. The summed E-state index contributed by atoms with van der Waals surface area (Å²) in [7, 11) is 0. The van der Waals surface area contributed by atoms with Gasteiger partial charge in [0, 0.05) is 11.9 Å². The van der Waals surface area contributed by atoms with Crippen molar-refractivity contribution in [2.75, 3.05) is 5.88 Å². The van der Waals surface area contributed by atoms with Crippen LogP contribution in [0.2, 0.25) is 0 Å². The van der Waals surface area contributed by atoms with E-state index in [1.165, 1.54) is 12.3 Å². The Hall–Kier alpha value is -1.06. The first-order valence-electron chi connectivity index (χ1n) is 4.27. The van der Waals surface area contributed by atoms with Gasteiger partial charge in [-0.3, -0.25) is 4.79 Å². The van der Waals surface area contributed by atoms with E-state index in [0.717, 1.165) is 0 Å². The van der Waals surface area contributed by atoms with Gasteiger partial charge in [0.05, 0.1) is 24.7 Å².